The molecule has 0 aliphatic rings. The van der Waals surface area contributed by atoms with Crippen molar-refractivity contribution in [1.82, 2.24) is 0 Å². The van der Waals surface area contributed by atoms with Crippen LogP contribution in [-0.2, 0) is 6.42 Å². The van der Waals surface area contributed by atoms with Crippen LogP contribution in [0.4, 0.5) is 11.4 Å². The second-order valence-corrected chi connectivity index (χ2v) is 6.84. The number of carbonyl (C=O) groups is 2. The van der Waals surface area contributed by atoms with E-state index in [1.165, 1.54) is 5.56 Å². The third kappa shape index (κ3) is 4.63. The lowest BCUT2D eigenvalue weighted by atomic mass is 10.1. The van der Waals surface area contributed by atoms with Crippen molar-refractivity contribution in [2.75, 3.05) is 10.6 Å². The van der Waals surface area contributed by atoms with E-state index in [-0.39, 0.29) is 11.8 Å². The minimum atomic E-state index is -0.282. The van der Waals surface area contributed by atoms with Gasteiger partial charge in [-0.3, -0.25) is 9.59 Å². The van der Waals surface area contributed by atoms with Gasteiger partial charge in [-0.1, -0.05) is 43.3 Å². The molecule has 0 radical (unpaired) electrons. The lowest BCUT2D eigenvalue weighted by Crippen LogP contribution is -2.18. The van der Waals surface area contributed by atoms with E-state index in [0.717, 1.165) is 6.42 Å². The van der Waals surface area contributed by atoms with E-state index in [2.05, 4.69) is 33.5 Å². The zero-order chi connectivity index (χ0) is 19.2. The highest BCUT2D eigenvalue weighted by atomic mass is 79.9. The van der Waals surface area contributed by atoms with Gasteiger partial charge >= 0.3 is 0 Å². The zero-order valence-corrected chi connectivity index (χ0v) is 16.4. The minimum absolute atomic E-state index is 0.276. The average Bonchev–Trinajstić information content (AvgIpc) is 2.69. The zero-order valence-electron chi connectivity index (χ0n) is 14.8. The van der Waals surface area contributed by atoms with Crippen molar-refractivity contribution in [3.05, 3.63) is 94.0 Å². The summed E-state index contributed by atoms with van der Waals surface area (Å²) in [5, 5.41) is 5.70. The van der Waals surface area contributed by atoms with Gasteiger partial charge in [-0.05, 0) is 64.3 Å². The fourth-order valence-electron chi connectivity index (χ4n) is 2.65. The SMILES string of the molecule is CCc1ccc(NC(=O)c2ccccc2NC(=O)c2ccccc2Br)cc1. The molecule has 0 aromatic heterocycles. The van der Waals surface area contributed by atoms with Crippen molar-refractivity contribution < 1.29 is 9.59 Å². The Morgan fingerprint density at radius 2 is 1.37 bits per heavy atom. The lowest BCUT2D eigenvalue weighted by Gasteiger charge is -2.12. The van der Waals surface area contributed by atoms with Gasteiger partial charge in [0.05, 0.1) is 16.8 Å². The number of amides is 2. The summed E-state index contributed by atoms with van der Waals surface area (Å²) < 4.78 is 0.695. The van der Waals surface area contributed by atoms with Gasteiger partial charge in [0.25, 0.3) is 11.8 Å². The molecule has 4 nitrogen and oxygen atoms in total. The second-order valence-electron chi connectivity index (χ2n) is 5.98. The van der Waals surface area contributed by atoms with E-state index in [4.69, 9.17) is 0 Å². The number of anilines is 2. The van der Waals surface area contributed by atoms with Gasteiger partial charge in [-0.15, -0.1) is 0 Å². The maximum absolute atomic E-state index is 12.7. The third-order valence-corrected chi connectivity index (χ3v) is 4.85. The Hall–Kier alpha value is -2.92. The first-order valence-electron chi connectivity index (χ1n) is 8.63. The average molecular weight is 423 g/mol. The van der Waals surface area contributed by atoms with Gasteiger partial charge in [0.1, 0.15) is 0 Å². The summed E-state index contributed by atoms with van der Waals surface area (Å²) >= 11 is 3.37. The molecule has 0 aliphatic carbocycles. The Morgan fingerprint density at radius 3 is 2.04 bits per heavy atom. The lowest BCUT2D eigenvalue weighted by molar-refractivity contribution is 0.102. The molecule has 0 saturated heterocycles. The molecule has 0 unspecified atom stereocenters. The fourth-order valence-corrected chi connectivity index (χ4v) is 3.11. The van der Waals surface area contributed by atoms with E-state index in [9.17, 15) is 9.59 Å². The number of halogens is 1. The Bertz CT molecular complexity index is 968. The number of aryl methyl sites for hydroxylation is 1. The first kappa shape index (κ1) is 18.9. The highest BCUT2D eigenvalue weighted by Gasteiger charge is 2.15. The number of carbonyl (C=O) groups excluding carboxylic acids is 2. The first-order chi connectivity index (χ1) is 13.1. The van der Waals surface area contributed by atoms with Gasteiger partial charge in [-0.2, -0.15) is 0 Å². The molecule has 3 aromatic rings. The smallest absolute Gasteiger partial charge is 0.257 e. The third-order valence-electron chi connectivity index (χ3n) is 4.16. The molecule has 0 spiro atoms. The first-order valence-corrected chi connectivity index (χ1v) is 9.43. The predicted molar refractivity (Wildman–Crippen MR) is 112 cm³/mol. The monoisotopic (exact) mass is 422 g/mol. The summed E-state index contributed by atoms with van der Waals surface area (Å²) in [5.74, 6) is -0.558. The Balaban J connectivity index is 1.79. The second kappa shape index (κ2) is 8.64. The van der Waals surface area contributed by atoms with Gasteiger partial charge in [-0.25, -0.2) is 0 Å². The summed E-state index contributed by atoms with van der Waals surface area (Å²) in [6.45, 7) is 2.08. The molecule has 5 heteroatoms. The molecule has 0 saturated carbocycles. The summed E-state index contributed by atoms with van der Waals surface area (Å²) in [7, 11) is 0. The number of hydrogen-bond donors (Lipinski definition) is 2. The van der Waals surface area contributed by atoms with Crippen LogP contribution in [0.2, 0.25) is 0 Å². The van der Waals surface area contributed by atoms with Crippen LogP contribution in [0.15, 0.2) is 77.3 Å². The highest BCUT2D eigenvalue weighted by molar-refractivity contribution is 9.10. The standard InChI is InChI=1S/C22H19BrN2O2/c1-2-15-11-13-16(14-12-15)24-22(27)18-8-4-6-10-20(18)25-21(26)17-7-3-5-9-19(17)23/h3-14H,2H2,1H3,(H,24,27)(H,25,26). The van der Waals surface area contributed by atoms with Gasteiger partial charge in [0.15, 0.2) is 0 Å². The Kier molecular flexibility index (Phi) is 6.04. The van der Waals surface area contributed by atoms with E-state index in [0.29, 0.717) is 27.0 Å². The van der Waals surface area contributed by atoms with E-state index >= 15 is 0 Å². The number of nitrogens with one attached hydrogen (secondary N) is 2. The van der Waals surface area contributed by atoms with Crippen molar-refractivity contribution in [2.45, 2.75) is 13.3 Å². The van der Waals surface area contributed by atoms with E-state index in [1.807, 2.05) is 30.3 Å². The largest absolute Gasteiger partial charge is 0.322 e. The molecule has 2 N–H and O–H groups in total. The highest BCUT2D eigenvalue weighted by Crippen LogP contribution is 2.21. The van der Waals surface area contributed by atoms with Gasteiger partial charge < -0.3 is 10.6 Å². The van der Waals surface area contributed by atoms with Crippen LogP contribution >= 0.6 is 15.9 Å². The molecule has 3 aromatic carbocycles. The van der Waals surface area contributed by atoms with Crippen molar-refractivity contribution in [3.63, 3.8) is 0 Å². The summed E-state index contributed by atoms with van der Waals surface area (Å²) in [6, 6.07) is 21.8. The molecule has 0 heterocycles. The molecule has 27 heavy (non-hydrogen) atoms. The number of rotatable bonds is 5. The molecule has 136 valence electrons. The summed E-state index contributed by atoms with van der Waals surface area (Å²) in [4.78, 5) is 25.3. The Morgan fingerprint density at radius 1 is 0.778 bits per heavy atom. The predicted octanol–water partition coefficient (Wildman–Crippen LogP) is 5.52. The molecule has 0 aliphatic heterocycles. The normalized spacial score (nSPS) is 10.3. The Labute approximate surface area is 166 Å². The molecule has 0 fully saturated rings. The fraction of sp³-hybridized carbons (Fsp3) is 0.0909. The van der Waals surface area contributed by atoms with Crippen LogP contribution in [0.1, 0.15) is 33.2 Å². The van der Waals surface area contributed by atoms with Crippen molar-refractivity contribution in [1.29, 1.82) is 0 Å². The van der Waals surface area contributed by atoms with E-state index in [1.54, 1.807) is 42.5 Å². The van der Waals surface area contributed by atoms with Crippen LogP contribution < -0.4 is 10.6 Å². The van der Waals surface area contributed by atoms with Crippen molar-refractivity contribution in [3.8, 4) is 0 Å². The quantitative estimate of drug-likeness (QED) is 0.568. The molecule has 3 rings (SSSR count). The van der Waals surface area contributed by atoms with Gasteiger partial charge in [0.2, 0.25) is 0 Å². The van der Waals surface area contributed by atoms with Crippen LogP contribution in [0.5, 0.6) is 0 Å². The minimum Gasteiger partial charge on any atom is -0.322 e. The van der Waals surface area contributed by atoms with Crippen molar-refractivity contribution >= 4 is 39.1 Å². The molecule has 0 bridgehead atoms. The molecular formula is C22H19BrN2O2. The van der Waals surface area contributed by atoms with Crippen LogP contribution in [-0.4, -0.2) is 11.8 Å². The van der Waals surface area contributed by atoms with Gasteiger partial charge in [0, 0.05) is 10.2 Å². The van der Waals surface area contributed by atoms with Crippen LogP contribution in [0.25, 0.3) is 0 Å². The molecular weight excluding hydrogens is 404 g/mol. The van der Waals surface area contributed by atoms with Crippen molar-refractivity contribution in [2.24, 2.45) is 0 Å². The number of hydrogen-bond acceptors (Lipinski definition) is 2. The van der Waals surface area contributed by atoms with Crippen LogP contribution in [0, 0.1) is 0 Å². The maximum atomic E-state index is 12.7. The maximum Gasteiger partial charge on any atom is 0.257 e. The topological polar surface area (TPSA) is 58.2 Å². The number of benzene rings is 3. The number of para-hydroxylation sites is 1. The summed E-state index contributed by atoms with van der Waals surface area (Å²) in [5.41, 5.74) is 3.28. The molecule has 2 amide bonds. The summed E-state index contributed by atoms with van der Waals surface area (Å²) in [6.07, 6.45) is 0.943. The van der Waals surface area contributed by atoms with E-state index < -0.39 is 0 Å². The molecule has 0 atom stereocenters. The van der Waals surface area contributed by atoms with Crippen LogP contribution in [0.3, 0.4) is 0 Å².